The second-order valence-electron chi connectivity index (χ2n) is 6.40. The van der Waals surface area contributed by atoms with Crippen molar-refractivity contribution in [2.45, 2.75) is 51.0 Å². The molecule has 2 rings (SSSR count). The number of hydrogen-bond acceptors (Lipinski definition) is 3. The van der Waals surface area contributed by atoms with Crippen LogP contribution in [-0.4, -0.2) is 37.8 Å². The Balaban J connectivity index is 2.20. The van der Waals surface area contributed by atoms with Crippen LogP contribution < -0.4 is 5.32 Å². The molecule has 0 bridgehead atoms. The van der Waals surface area contributed by atoms with Gasteiger partial charge in [0, 0.05) is 24.7 Å². The van der Waals surface area contributed by atoms with Gasteiger partial charge >= 0.3 is 0 Å². The van der Waals surface area contributed by atoms with E-state index in [0.29, 0.717) is 24.6 Å². The number of benzene rings is 1. The summed E-state index contributed by atoms with van der Waals surface area (Å²) in [7, 11) is -3.52. The molecule has 23 heavy (non-hydrogen) atoms. The summed E-state index contributed by atoms with van der Waals surface area (Å²) in [6, 6.07) is 6.38. The van der Waals surface area contributed by atoms with Crippen molar-refractivity contribution in [3.05, 3.63) is 29.8 Å². The molecule has 0 saturated carbocycles. The molecule has 1 N–H and O–H groups in total. The number of amides is 1. The molecular weight excluding hydrogens is 312 g/mol. The highest BCUT2D eigenvalue weighted by Crippen LogP contribution is 2.24. The minimum atomic E-state index is -3.52. The molecule has 1 atom stereocenters. The minimum Gasteiger partial charge on any atom is -0.350 e. The number of piperidine rings is 1. The van der Waals surface area contributed by atoms with Crippen LogP contribution in [0.15, 0.2) is 29.2 Å². The Kier molecular flexibility index (Phi) is 5.81. The van der Waals surface area contributed by atoms with Crippen molar-refractivity contribution >= 4 is 15.9 Å². The van der Waals surface area contributed by atoms with E-state index in [0.717, 1.165) is 19.3 Å². The summed E-state index contributed by atoms with van der Waals surface area (Å²) in [5.74, 6) is 0.331. The first kappa shape index (κ1) is 17.9. The molecule has 1 fully saturated rings. The first-order valence-corrected chi connectivity index (χ1v) is 9.69. The van der Waals surface area contributed by atoms with E-state index in [1.54, 1.807) is 18.2 Å². The third-order valence-electron chi connectivity index (χ3n) is 4.47. The number of nitrogens with zero attached hydrogens (tertiary/aromatic N) is 1. The van der Waals surface area contributed by atoms with E-state index in [9.17, 15) is 13.2 Å². The van der Waals surface area contributed by atoms with Crippen LogP contribution in [0.1, 0.15) is 50.4 Å². The lowest BCUT2D eigenvalue weighted by molar-refractivity contribution is 0.0939. The average molecular weight is 338 g/mol. The van der Waals surface area contributed by atoms with E-state index in [-0.39, 0.29) is 16.8 Å². The van der Waals surface area contributed by atoms with Crippen LogP contribution in [0, 0.1) is 5.92 Å². The topological polar surface area (TPSA) is 66.5 Å². The van der Waals surface area contributed by atoms with E-state index in [1.807, 2.05) is 13.8 Å². The maximum absolute atomic E-state index is 12.7. The van der Waals surface area contributed by atoms with Gasteiger partial charge in [0.15, 0.2) is 0 Å². The Morgan fingerprint density at radius 1 is 1.35 bits per heavy atom. The van der Waals surface area contributed by atoms with Crippen LogP contribution in [0.3, 0.4) is 0 Å². The zero-order valence-corrected chi connectivity index (χ0v) is 14.9. The summed E-state index contributed by atoms with van der Waals surface area (Å²) in [6.07, 6.45) is 2.59. The minimum absolute atomic E-state index is 0.0614. The van der Waals surface area contributed by atoms with E-state index in [4.69, 9.17) is 0 Å². The third-order valence-corrected chi connectivity index (χ3v) is 6.36. The zero-order chi connectivity index (χ0) is 17.0. The first-order chi connectivity index (χ1) is 10.8. The fourth-order valence-corrected chi connectivity index (χ4v) is 4.10. The lowest BCUT2D eigenvalue weighted by Gasteiger charge is -2.29. The standard InChI is InChI=1S/C17H26N2O3S/c1-4-14(3)18-17(20)15-6-5-7-16(12-15)23(21,22)19-10-8-13(2)9-11-19/h5-7,12-14H,4,8-11H2,1-3H3,(H,18,20)/t14-/m0/s1. The summed E-state index contributed by atoms with van der Waals surface area (Å²) in [5.41, 5.74) is 0.386. The van der Waals surface area contributed by atoms with Gasteiger partial charge in [-0.25, -0.2) is 8.42 Å². The zero-order valence-electron chi connectivity index (χ0n) is 14.1. The normalized spacial score (nSPS) is 18.6. The van der Waals surface area contributed by atoms with Gasteiger partial charge in [-0.3, -0.25) is 4.79 Å². The van der Waals surface area contributed by atoms with Gasteiger partial charge in [0.1, 0.15) is 0 Å². The Bertz CT molecular complexity index is 650. The van der Waals surface area contributed by atoms with E-state index >= 15 is 0 Å². The lowest BCUT2D eigenvalue weighted by Crippen LogP contribution is -2.38. The summed E-state index contributed by atoms with van der Waals surface area (Å²) < 4.78 is 27.0. The molecule has 6 heteroatoms. The maximum Gasteiger partial charge on any atom is 0.251 e. The quantitative estimate of drug-likeness (QED) is 0.897. The summed E-state index contributed by atoms with van der Waals surface area (Å²) >= 11 is 0. The predicted molar refractivity (Wildman–Crippen MR) is 90.8 cm³/mol. The molecule has 0 aliphatic carbocycles. The Labute approximate surface area is 139 Å². The second kappa shape index (κ2) is 7.45. The molecule has 1 saturated heterocycles. The van der Waals surface area contributed by atoms with E-state index in [2.05, 4.69) is 12.2 Å². The van der Waals surface area contributed by atoms with Crippen molar-refractivity contribution < 1.29 is 13.2 Å². The molecule has 0 unspecified atom stereocenters. The van der Waals surface area contributed by atoms with Crippen molar-refractivity contribution in [1.82, 2.24) is 9.62 Å². The molecule has 1 heterocycles. The van der Waals surface area contributed by atoms with Crippen LogP contribution >= 0.6 is 0 Å². The SMILES string of the molecule is CC[C@H](C)NC(=O)c1cccc(S(=O)(=O)N2CCC(C)CC2)c1. The number of sulfonamides is 1. The first-order valence-electron chi connectivity index (χ1n) is 8.25. The second-order valence-corrected chi connectivity index (χ2v) is 8.34. The van der Waals surface area contributed by atoms with Crippen molar-refractivity contribution in [2.24, 2.45) is 5.92 Å². The lowest BCUT2D eigenvalue weighted by atomic mass is 10.0. The summed E-state index contributed by atoms with van der Waals surface area (Å²) in [5, 5.41) is 2.86. The Morgan fingerprint density at radius 3 is 2.61 bits per heavy atom. The molecule has 0 radical (unpaired) electrons. The summed E-state index contributed by atoms with van der Waals surface area (Å²) in [6.45, 7) is 7.15. The maximum atomic E-state index is 12.7. The Hall–Kier alpha value is -1.40. The van der Waals surface area contributed by atoms with Gasteiger partial charge in [-0.15, -0.1) is 0 Å². The smallest absolute Gasteiger partial charge is 0.251 e. The molecule has 1 amide bonds. The fraction of sp³-hybridized carbons (Fsp3) is 0.588. The molecule has 0 aromatic heterocycles. The average Bonchev–Trinajstić information content (AvgIpc) is 2.55. The van der Waals surface area contributed by atoms with E-state index < -0.39 is 10.0 Å². The van der Waals surface area contributed by atoms with Gasteiger partial charge in [0.25, 0.3) is 5.91 Å². The van der Waals surface area contributed by atoms with Gasteiger partial charge in [-0.05, 0) is 50.3 Å². The molecule has 1 aromatic rings. The largest absolute Gasteiger partial charge is 0.350 e. The Morgan fingerprint density at radius 2 is 2.00 bits per heavy atom. The number of nitrogens with one attached hydrogen (secondary N) is 1. The van der Waals surface area contributed by atoms with Crippen LogP contribution in [-0.2, 0) is 10.0 Å². The molecule has 128 valence electrons. The van der Waals surface area contributed by atoms with Gasteiger partial charge in [0.05, 0.1) is 4.90 Å². The van der Waals surface area contributed by atoms with Crippen molar-refractivity contribution in [3.63, 3.8) is 0 Å². The molecule has 1 aliphatic rings. The molecular formula is C17H26N2O3S. The van der Waals surface area contributed by atoms with Crippen LogP contribution in [0.5, 0.6) is 0 Å². The number of carbonyl (C=O) groups is 1. The van der Waals surface area contributed by atoms with Gasteiger partial charge < -0.3 is 5.32 Å². The number of hydrogen-bond donors (Lipinski definition) is 1. The fourth-order valence-electron chi connectivity index (χ4n) is 2.58. The molecule has 1 aromatic carbocycles. The van der Waals surface area contributed by atoms with Gasteiger partial charge in [-0.1, -0.05) is 19.9 Å². The molecule has 5 nitrogen and oxygen atoms in total. The van der Waals surface area contributed by atoms with Crippen molar-refractivity contribution in [2.75, 3.05) is 13.1 Å². The number of carbonyl (C=O) groups excluding carboxylic acids is 1. The summed E-state index contributed by atoms with van der Waals surface area (Å²) in [4.78, 5) is 12.4. The number of rotatable bonds is 5. The third kappa shape index (κ3) is 4.32. The van der Waals surface area contributed by atoms with Crippen molar-refractivity contribution in [1.29, 1.82) is 0 Å². The highest BCUT2D eigenvalue weighted by Gasteiger charge is 2.28. The molecule has 1 aliphatic heterocycles. The predicted octanol–water partition coefficient (Wildman–Crippen LogP) is 2.64. The van der Waals surface area contributed by atoms with Crippen LogP contribution in [0.25, 0.3) is 0 Å². The molecule has 0 spiro atoms. The monoisotopic (exact) mass is 338 g/mol. The van der Waals surface area contributed by atoms with Gasteiger partial charge in [0.2, 0.25) is 10.0 Å². The van der Waals surface area contributed by atoms with Crippen LogP contribution in [0.2, 0.25) is 0 Å². The van der Waals surface area contributed by atoms with Crippen molar-refractivity contribution in [3.8, 4) is 0 Å². The van der Waals surface area contributed by atoms with Gasteiger partial charge in [-0.2, -0.15) is 4.31 Å². The van der Waals surface area contributed by atoms with E-state index in [1.165, 1.54) is 10.4 Å². The highest BCUT2D eigenvalue weighted by atomic mass is 32.2. The van der Waals surface area contributed by atoms with Crippen LogP contribution in [0.4, 0.5) is 0 Å². The highest BCUT2D eigenvalue weighted by molar-refractivity contribution is 7.89.